The molecule has 0 aliphatic heterocycles. The Morgan fingerprint density at radius 1 is 1.50 bits per heavy atom. The molecule has 0 fully saturated rings. The first-order chi connectivity index (χ1) is 3.68. The van der Waals surface area contributed by atoms with Crippen molar-refractivity contribution in [1.82, 2.24) is 12.3 Å². The lowest BCUT2D eigenvalue weighted by Crippen LogP contribution is -2.03. The number of hydrogen-bond acceptors (Lipinski definition) is 4. The standard InChI is InChI=1S/C6H10O2.2H3N/c1-4-8-6(7)5(2)3;;/h2,4H2,1,3H3;2*1H3. The maximum atomic E-state index is 10.4. The lowest BCUT2D eigenvalue weighted by molar-refractivity contribution is -0.138. The Hall–Kier alpha value is -0.870. The maximum absolute atomic E-state index is 10.4. The molecule has 0 radical (unpaired) electrons. The molecule has 0 heterocycles. The average Bonchev–Trinajstić information content (AvgIpc) is 1.67. The van der Waals surface area contributed by atoms with Gasteiger partial charge in [-0.3, -0.25) is 0 Å². The Morgan fingerprint density at radius 3 is 2.00 bits per heavy atom. The first-order valence-electron chi connectivity index (χ1n) is 2.51. The van der Waals surface area contributed by atoms with Crippen molar-refractivity contribution in [3.8, 4) is 0 Å². The summed E-state index contributed by atoms with van der Waals surface area (Å²) in [4.78, 5) is 10.4. The molecule has 0 aromatic carbocycles. The van der Waals surface area contributed by atoms with Gasteiger partial charge in [-0.25, -0.2) is 4.79 Å². The number of rotatable bonds is 2. The van der Waals surface area contributed by atoms with Crippen molar-refractivity contribution in [2.24, 2.45) is 0 Å². The first-order valence-corrected chi connectivity index (χ1v) is 2.51. The van der Waals surface area contributed by atoms with Crippen molar-refractivity contribution in [3.05, 3.63) is 12.2 Å². The lowest BCUT2D eigenvalue weighted by atomic mass is 10.4. The molecule has 0 saturated heterocycles. The fourth-order valence-electron chi connectivity index (χ4n) is 0.254. The van der Waals surface area contributed by atoms with E-state index in [0.29, 0.717) is 12.2 Å². The van der Waals surface area contributed by atoms with E-state index in [4.69, 9.17) is 0 Å². The van der Waals surface area contributed by atoms with Crippen LogP contribution in [-0.4, -0.2) is 12.6 Å². The normalized spacial score (nSPS) is 6.60. The summed E-state index contributed by atoms with van der Waals surface area (Å²) >= 11 is 0. The van der Waals surface area contributed by atoms with Crippen LogP contribution in [0.5, 0.6) is 0 Å². The summed E-state index contributed by atoms with van der Waals surface area (Å²) in [5.41, 5.74) is 0.451. The second-order valence-electron chi connectivity index (χ2n) is 1.50. The van der Waals surface area contributed by atoms with Crippen LogP contribution in [0, 0.1) is 0 Å². The quantitative estimate of drug-likeness (QED) is 0.457. The summed E-state index contributed by atoms with van der Waals surface area (Å²) in [6, 6.07) is 0. The van der Waals surface area contributed by atoms with Crippen molar-refractivity contribution in [3.63, 3.8) is 0 Å². The molecular formula is C6H16N2O2. The predicted octanol–water partition coefficient (Wildman–Crippen LogP) is 1.45. The molecule has 4 heteroatoms. The van der Waals surface area contributed by atoms with Crippen molar-refractivity contribution in [2.75, 3.05) is 6.61 Å². The summed E-state index contributed by atoms with van der Waals surface area (Å²) in [7, 11) is 0. The number of carbonyl (C=O) groups excluding carboxylic acids is 1. The second-order valence-corrected chi connectivity index (χ2v) is 1.50. The van der Waals surface area contributed by atoms with Gasteiger partial charge in [0.25, 0.3) is 0 Å². The van der Waals surface area contributed by atoms with Crippen LogP contribution in [0.2, 0.25) is 0 Å². The van der Waals surface area contributed by atoms with E-state index >= 15 is 0 Å². The first kappa shape index (κ1) is 16.1. The van der Waals surface area contributed by atoms with E-state index in [1.807, 2.05) is 0 Å². The van der Waals surface area contributed by atoms with Crippen LogP contribution in [-0.2, 0) is 9.53 Å². The molecule has 10 heavy (non-hydrogen) atoms. The van der Waals surface area contributed by atoms with E-state index in [1.165, 1.54) is 0 Å². The van der Waals surface area contributed by atoms with Crippen LogP contribution in [0.15, 0.2) is 12.2 Å². The molecule has 0 amide bonds. The molecule has 0 rings (SSSR count). The maximum Gasteiger partial charge on any atom is 0.333 e. The van der Waals surface area contributed by atoms with Gasteiger partial charge < -0.3 is 17.0 Å². The van der Waals surface area contributed by atoms with Crippen molar-refractivity contribution >= 4 is 5.97 Å². The van der Waals surface area contributed by atoms with Gasteiger partial charge in [0.1, 0.15) is 0 Å². The number of ether oxygens (including phenoxy) is 1. The van der Waals surface area contributed by atoms with Crippen molar-refractivity contribution in [2.45, 2.75) is 13.8 Å². The molecule has 0 aromatic heterocycles. The van der Waals surface area contributed by atoms with Gasteiger partial charge in [-0.15, -0.1) is 0 Å². The third-order valence-electron chi connectivity index (χ3n) is 0.624. The van der Waals surface area contributed by atoms with Crippen LogP contribution < -0.4 is 12.3 Å². The van der Waals surface area contributed by atoms with Crippen LogP contribution in [0.4, 0.5) is 0 Å². The van der Waals surface area contributed by atoms with Gasteiger partial charge in [-0.05, 0) is 13.8 Å². The van der Waals surface area contributed by atoms with Gasteiger partial charge in [0.15, 0.2) is 0 Å². The van der Waals surface area contributed by atoms with E-state index < -0.39 is 0 Å². The van der Waals surface area contributed by atoms with Gasteiger partial charge in [0.05, 0.1) is 6.61 Å². The zero-order valence-corrected chi connectivity index (χ0v) is 6.64. The predicted molar refractivity (Wildman–Crippen MR) is 41.5 cm³/mol. The van der Waals surface area contributed by atoms with E-state index in [-0.39, 0.29) is 18.3 Å². The summed E-state index contributed by atoms with van der Waals surface area (Å²) in [6.45, 7) is 7.21. The third-order valence-corrected chi connectivity index (χ3v) is 0.624. The van der Waals surface area contributed by atoms with E-state index in [1.54, 1.807) is 13.8 Å². The number of esters is 1. The summed E-state index contributed by atoms with van der Waals surface area (Å²) in [5.74, 6) is -0.312. The minimum absolute atomic E-state index is 0. The highest BCUT2D eigenvalue weighted by Gasteiger charge is 1.98. The highest BCUT2D eigenvalue weighted by molar-refractivity contribution is 5.86. The van der Waals surface area contributed by atoms with E-state index in [9.17, 15) is 4.79 Å². The van der Waals surface area contributed by atoms with Crippen LogP contribution in [0.1, 0.15) is 13.8 Å². The summed E-state index contributed by atoms with van der Waals surface area (Å²) < 4.78 is 4.56. The SMILES string of the molecule is C=C(C)C(=O)OCC.N.N. The Labute approximate surface area is 61.4 Å². The molecule has 0 unspecified atom stereocenters. The van der Waals surface area contributed by atoms with Gasteiger partial charge in [-0.2, -0.15) is 0 Å². The van der Waals surface area contributed by atoms with Gasteiger partial charge in [-0.1, -0.05) is 6.58 Å². The molecule has 0 bridgehead atoms. The van der Waals surface area contributed by atoms with Gasteiger partial charge in [0.2, 0.25) is 0 Å². The minimum atomic E-state index is -0.312. The molecule has 0 spiro atoms. The molecule has 6 N–H and O–H groups in total. The van der Waals surface area contributed by atoms with Crippen LogP contribution in [0.25, 0.3) is 0 Å². The van der Waals surface area contributed by atoms with Gasteiger partial charge in [0, 0.05) is 5.57 Å². The number of hydrogen-bond donors (Lipinski definition) is 2. The van der Waals surface area contributed by atoms with Gasteiger partial charge >= 0.3 is 5.97 Å². The molecule has 0 aromatic rings. The molecular weight excluding hydrogens is 132 g/mol. The molecule has 0 aliphatic carbocycles. The zero-order chi connectivity index (χ0) is 6.57. The molecule has 0 aliphatic rings. The Morgan fingerprint density at radius 2 is 1.90 bits per heavy atom. The fraction of sp³-hybridized carbons (Fsp3) is 0.500. The topological polar surface area (TPSA) is 96.3 Å². The average molecular weight is 148 g/mol. The number of carbonyl (C=O) groups is 1. The lowest BCUT2D eigenvalue weighted by Gasteiger charge is -1.96. The Kier molecular flexibility index (Phi) is 13.1. The zero-order valence-electron chi connectivity index (χ0n) is 6.64. The minimum Gasteiger partial charge on any atom is -0.463 e. The highest BCUT2D eigenvalue weighted by atomic mass is 16.5. The monoisotopic (exact) mass is 148 g/mol. The van der Waals surface area contributed by atoms with Crippen molar-refractivity contribution in [1.29, 1.82) is 0 Å². The largest absolute Gasteiger partial charge is 0.463 e. The molecule has 0 atom stereocenters. The molecule has 62 valence electrons. The molecule has 0 saturated carbocycles. The molecule has 4 nitrogen and oxygen atoms in total. The van der Waals surface area contributed by atoms with E-state index in [2.05, 4.69) is 11.3 Å². The fourth-order valence-corrected chi connectivity index (χ4v) is 0.254. The summed E-state index contributed by atoms with van der Waals surface area (Å²) in [6.07, 6.45) is 0. The summed E-state index contributed by atoms with van der Waals surface area (Å²) in [5, 5.41) is 0. The van der Waals surface area contributed by atoms with E-state index in [0.717, 1.165) is 0 Å². The van der Waals surface area contributed by atoms with Crippen LogP contribution >= 0.6 is 0 Å². The Bertz CT molecular complexity index is 112. The Balaban J connectivity index is -0.000000245. The third kappa shape index (κ3) is 7.13. The smallest absolute Gasteiger partial charge is 0.333 e. The van der Waals surface area contributed by atoms with Crippen LogP contribution in [0.3, 0.4) is 0 Å². The highest BCUT2D eigenvalue weighted by Crippen LogP contribution is 1.89. The second kappa shape index (κ2) is 8.13. The van der Waals surface area contributed by atoms with Crippen molar-refractivity contribution < 1.29 is 9.53 Å².